The molecule has 1 amide bonds. The Morgan fingerprint density at radius 1 is 1.47 bits per heavy atom. The van der Waals surface area contributed by atoms with Crippen molar-refractivity contribution in [1.29, 1.82) is 0 Å². The fourth-order valence-electron chi connectivity index (χ4n) is 1.61. The number of primary amides is 1. The quantitative estimate of drug-likeness (QED) is 0.796. The van der Waals surface area contributed by atoms with Gasteiger partial charge in [0.1, 0.15) is 0 Å². The number of nitrogens with two attached hydrogens (primary N) is 1. The lowest BCUT2D eigenvalue weighted by Gasteiger charge is -2.16. The van der Waals surface area contributed by atoms with E-state index in [9.17, 15) is 9.18 Å². The molecule has 2 unspecified atom stereocenters. The lowest BCUT2D eigenvalue weighted by molar-refractivity contribution is -0.124. The molecule has 19 heavy (non-hydrogen) atoms. The van der Waals surface area contributed by atoms with Gasteiger partial charge in [-0.15, -0.1) is 0 Å². The summed E-state index contributed by atoms with van der Waals surface area (Å²) in [5.41, 5.74) is 5.91. The van der Waals surface area contributed by atoms with E-state index in [2.05, 4.69) is 12.2 Å². The Balaban J connectivity index is 2.76. The lowest BCUT2D eigenvalue weighted by Crippen LogP contribution is -2.31. The molecule has 1 aromatic carbocycles. The van der Waals surface area contributed by atoms with E-state index in [4.69, 9.17) is 10.5 Å². The molecule has 4 nitrogen and oxygen atoms in total. The summed E-state index contributed by atoms with van der Waals surface area (Å²) >= 11 is 0. The van der Waals surface area contributed by atoms with Gasteiger partial charge >= 0.3 is 0 Å². The van der Waals surface area contributed by atoms with E-state index in [-0.39, 0.29) is 11.8 Å². The fraction of sp³-hybridized carbons (Fsp3) is 0.500. The second-order valence-electron chi connectivity index (χ2n) is 4.53. The van der Waals surface area contributed by atoms with E-state index in [1.54, 1.807) is 6.07 Å². The highest BCUT2D eigenvalue weighted by molar-refractivity contribution is 5.78. The Kier molecular flexibility index (Phi) is 5.76. The molecule has 1 aromatic rings. The second-order valence-corrected chi connectivity index (χ2v) is 4.53. The Morgan fingerprint density at radius 3 is 2.68 bits per heavy atom. The first-order valence-corrected chi connectivity index (χ1v) is 6.44. The van der Waals surface area contributed by atoms with Gasteiger partial charge in [0, 0.05) is 6.04 Å². The van der Waals surface area contributed by atoms with Crippen molar-refractivity contribution < 1.29 is 13.9 Å². The first kappa shape index (κ1) is 15.4. The van der Waals surface area contributed by atoms with Crippen LogP contribution in [-0.2, 0) is 4.79 Å². The molecule has 0 aliphatic carbocycles. The molecule has 0 fully saturated rings. The molecule has 1 rings (SSSR count). The van der Waals surface area contributed by atoms with Crippen LogP contribution in [-0.4, -0.2) is 18.6 Å². The molecule has 0 aliphatic rings. The molecule has 0 aromatic heterocycles. The van der Waals surface area contributed by atoms with Crippen molar-refractivity contribution in [3.8, 4) is 5.75 Å². The standard InChI is InChI=1S/C14H21FN2O2/c1-4-7-17-9(2)11-5-6-13(12(15)8-11)19-10(3)14(16)18/h5-6,8-10,17H,4,7H2,1-3H3,(H2,16,18). The molecule has 2 atom stereocenters. The van der Waals surface area contributed by atoms with Crippen molar-refractivity contribution >= 4 is 5.91 Å². The highest BCUT2D eigenvalue weighted by Crippen LogP contribution is 2.23. The average Bonchev–Trinajstić information content (AvgIpc) is 2.37. The normalized spacial score (nSPS) is 13.9. The zero-order valence-electron chi connectivity index (χ0n) is 11.6. The number of ether oxygens (including phenoxy) is 1. The van der Waals surface area contributed by atoms with Crippen LogP contribution in [0.25, 0.3) is 0 Å². The molecular formula is C14H21FN2O2. The van der Waals surface area contributed by atoms with Crippen molar-refractivity contribution in [3.05, 3.63) is 29.6 Å². The summed E-state index contributed by atoms with van der Waals surface area (Å²) in [5.74, 6) is -1.07. The summed E-state index contributed by atoms with van der Waals surface area (Å²) in [5, 5.41) is 3.27. The van der Waals surface area contributed by atoms with Crippen LogP contribution in [0.15, 0.2) is 18.2 Å². The van der Waals surface area contributed by atoms with Gasteiger partial charge < -0.3 is 15.8 Å². The van der Waals surface area contributed by atoms with Crippen LogP contribution in [0.1, 0.15) is 38.8 Å². The van der Waals surface area contributed by atoms with Gasteiger partial charge in [0.15, 0.2) is 17.7 Å². The number of nitrogens with one attached hydrogen (secondary N) is 1. The molecule has 5 heteroatoms. The van der Waals surface area contributed by atoms with Gasteiger partial charge in [0.05, 0.1) is 0 Å². The van der Waals surface area contributed by atoms with E-state index in [0.29, 0.717) is 0 Å². The number of carbonyl (C=O) groups is 1. The van der Waals surface area contributed by atoms with Crippen molar-refractivity contribution in [2.24, 2.45) is 5.73 Å². The number of hydrogen-bond donors (Lipinski definition) is 2. The molecule has 0 heterocycles. The smallest absolute Gasteiger partial charge is 0.258 e. The summed E-state index contributed by atoms with van der Waals surface area (Å²) in [6.07, 6.45) is 0.167. The van der Waals surface area contributed by atoms with Crippen molar-refractivity contribution in [3.63, 3.8) is 0 Å². The van der Waals surface area contributed by atoms with Crippen molar-refractivity contribution in [1.82, 2.24) is 5.32 Å². The third kappa shape index (κ3) is 4.52. The van der Waals surface area contributed by atoms with Crippen LogP contribution in [0.5, 0.6) is 5.75 Å². The number of carbonyl (C=O) groups excluding carboxylic acids is 1. The summed E-state index contributed by atoms with van der Waals surface area (Å²) in [7, 11) is 0. The number of halogens is 1. The highest BCUT2D eigenvalue weighted by Gasteiger charge is 2.14. The lowest BCUT2D eigenvalue weighted by atomic mass is 10.1. The SMILES string of the molecule is CCCNC(C)c1ccc(OC(C)C(N)=O)c(F)c1. The Morgan fingerprint density at radius 2 is 2.16 bits per heavy atom. The average molecular weight is 268 g/mol. The Labute approximate surface area is 113 Å². The van der Waals surface area contributed by atoms with E-state index in [1.807, 2.05) is 6.92 Å². The monoisotopic (exact) mass is 268 g/mol. The van der Waals surface area contributed by atoms with Gasteiger partial charge in [-0.05, 0) is 44.5 Å². The van der Waals surface area contributed by atoms with E-state index < -0.39 is 17.8 Å². The van der Waals surface area contributed by atoms with Gasteiger partial charge in [-0.2, -0.15) is 0 Å². The maximum Gasteiger partial charge on any atom is 0.258 e. The number of benzene rings is 1. The maximum atomic E-state index is 13.9. The van der Waals surface area contributed by atoms with Gasteiger partial charge in [0.2, 0.25) is 0 Å². The maximum absolute atomic E-state index is 13.9. The van der Waals surface area contributed by atoms with E-state index in [0.717, 1.165) is 18.5 Å². The molecular weight excluding hydrogens is 247 g/mol. The van der Waals surface area contributed by atoms with Crippen LogP contribution in [0.4, 0.5) is 4.39 Å². The minimum Gasteiger partial charge on any atom is -0.478 e. The molecule has 106 valence electrons. The number of hydrogen-bond acceptors (Lipinski definition) is 3. The van der Waals surface area contributed by atoms with Crippen LogP contribution in [0.2, 0.25) is 0 Å². The number of amides is 1. The van der Waals surface area contributed by atoms with Crippen LogP contribution < -0.4 is 15.8 Å². The molecule has 0 saturated heterocycles. The van der Waals surface area contributed by atoms with Gasteiger partial charge in [-0.3, -0.25) is 4.79 Å². The second kappa shape index (κ2) is 7.09. The van der Waals surface area contributed by atoms with Gasteiger partial charge in [0.25, 0.3) is 5.91 Å². The van der Waals surface area contributed by atoms with Crippen LogP contribution in [0.3, 0.4) is 0 Å². The van der Waals surface area contributed by atoms with E-state index >= 15 is 0 Å². The predicted octanol–water partition coefficient (Wildman–Crippen LogP) is 2.14. The molecule has 0 radical (unpaired) electrons. The summed E-state index contributed by atoms with van der Waals surface area (Å²) in [6.45, 7) is 6.40. The third-order valence-corrected chi connectivity index (χ3v) is 2.86. The summed E-state index contributed by atoms with van der Waals surface area (Å²) in [4.78, 5) is 10.9. The largest absolute Gasteiger partial charge is 0.478 e. The van der Waals surface area contributed by atoms with Gasteiger partial charge in [-0.25, -0.2) is 4.39 Å². The minimum absolute atomic E-state index is 0.0396. The van der Waals surface area contributed by atoms with Gasteiger partial charge in [-0.1, -0.05) is 13.0 Å². The highest BCUT2D eigenvalue weighted by atomic mass is 19.1. The zero-order valence-corrected chi connectivity index (χ0v) is 11.6. The molecule has 3 N–H and O–H groups in total. The predicted molar refractivity (Wildman–Crippen MR) is 72.4 cm³/mol. The molecule has 0 spiro atoms. The van der Waals surface area contributed by atoms with Crippen LogP contribution >= 0.6 is 0 Å². The molecule has 0 saturated carbocycles. The Hall–Kier alpha value is -1.62. The molecule has 0 aliphatic heterocycles. The topological polar surface area (TPSA) is 64.3 Å². The Bertz CT molecular complexity index is 437. The number of rotatable bonds is 7. The van der Waals surface area contributed by atoms with E-state index in [1.165, 1.54) is 19.1 Å². The first-order chi connectivity index (χ1) is 8.95. The summed E-state index contributed by atoms with van der Waals surface area (Å²) in [6, 6.07) is 4.78. The first-order valence-electron chi connectivity index (χ1n) is 6.44. The fourth-order valence-corrected chi connectivity index (χ4v) is 1.61. The summed E-state index contributed by atoms with van der Waals surface area (Å²) < 4.78 is 19.0. The van der Waals surface area contributed by atoms with Crippen molar-refractivity contribution in [2.75, 3.05) is 6.54 Å². The van der Waals surface area contributed by atoms with Crippen molar-refractivity contribution in [2.45, 2.75) is 39.3 Å². The zero-order chi connectivity index (χ0) is 14.4. The minimum atomic E-state index is -0.851. The molecule has 0 bridgehead atoms. The third-order valence-electron chi connectivity index (χ3n) is 2.86. The van der Waals surface area contributed by atoms with Crippen LogP contribution in [0, 0.1) is 5.82 Å².